The number of phosphoric ester groups is 3. The molecule has 2 radical (unpaired) electrons. The molecule has 0 spiro atoms. The van der Waals surface area contributed by atoms with E-state index in [9.17, 15) is 56.8 Å². The Hall–Kier alpha value is 0.465. The summed E-state index contributed by atoms with van der Waals surface area (Å²) in [4.78, 5) is 64.8. The van der Waals surface area contributed by atoms with E-state index in [-0.39, 0.29) is 19.3 Å². The molecule has 268 valence electrons. The van der Waals surface area contributed by atoms with Gasteiger partial charge in [0, 0.05) is 18.8 Å². The van der Waals surface area contributed by atoms with E-state index in [4.69, 9.17) is 45.0 Å². The summed E-state index contributed by atoms with van der Waals surface area (Å²) in [6.45, 7) is -1.97. The van der Waals surface area contributed by atoms with E-state index >= 15 is 0 Å². The molecule has 14 atom stereocenters. The quantitative estimate of drug-likeness (QED) is 0.0979. The van der Waals surface area contributed by atoms with Gasteiger partial charge in [-0.1, -0.05) is 0 Å². The van der Waals surface area contributed by atoms with Gasteiger partial charge in [-0.25, -0.2) is 17.6 Å². The Morgan fingerprint density at radius 2 is 1.33 bits per heavy atom. The molecular formula is C17H29BFO22P5-4. The second kappa shape index (κ2) is 16.2. The topological polar surface area (TPSA) is 331 Å². The normalized spacial score (nSPS) is 38.4. The van der Waals surface area contributed by atoms with Gasteiger partial charge in [0.2, 0.25) is 0 Å². The second-order valence-corrected chi connectivity index (χ2v) is 17.1. The lowest BCUT2D eigenvalue weighted by Gasteiger charge is -2.33. The molecule has 3 heterocycles. The van der Waals surface area contributed by atoms with Crippen LogP contribution >= 0.6 is 39.1 Å². The minimum absolute atomic E-state index is 0.0213. The van der Waals surface area contributed by atoms with Gasteiger partial charge >= 0.3 is 7.82 Å². The van der Waals surface area contributed by atoms with Gasteiger partial charge < -0.3 is 62.2 Å². The van der Waals surface area contributed by atoms with Crippen LogP contribution in [0.15, 0.2) is 0 Å². The molecule has 3 N–H and O–H groups in total. The third-order valence-corrected chi connectivity index (χ3v) is 11.9. The third-order valence-electron chi connectivity index (χ3n) is 6.22. The molecule has 0 aliphatic carbocycles. The molecule has 0 aromatic heterocycles. The van der Waals surface area contributed by atoms with Gasteiger partial charge in [0.05, 0.1) is 44.2 Å². The Labute approximate surface area is 261 Å². The molecule has 0 aromatic rings. The number of aliphatic hydroxyl groups excluding tert-OH is 1. The lowest BCUT2D eigenvalue weighted by molar-refractivity contribution is -0.250. The zero-order valence-corrected chi connectivity index (χ0v) is 27.9. The Kier molecular flexibility index (Phi) is 14.4. The number of aliphatic hydroxyl groups is 1. The van der Waals surface area contributed by atoms with Crippen LogP contribution in [-0.4, -0.2) is 104 Å². The van der Waals surface area contributed by atoms with Crippen LogP contribution in [-0.2, 0) is 68.3 Å². The number of hydrogen-bond donors (Lipinski definition) is 3. The van der Waals surface area contributed by atoms with Crippen molar-refractivity contribution in [1.29, 1.82) is 0 Å². The highest BCUT2D eigenvalue weighted by Crippen LogP contribution is 2.61. The summed E-state index contributed by atoms with van der Waals surface area (Å²) >= 11 is 0. The largest absolute Gasteiger partial charge is 0.756 e. The lowest BCUT2D eigenvalue weighted by atomic mass is 9.96. The molecule has 0 saturated carbocycles. The number of rotatable bonds is 18. The van der Waals surface area contributed by atoms with Crippen LogP contribution in [0.1, 0.15) is 26.2 Å². The highest BCUT2D eigenvalue weighted by molar-refractivity contribution is 7.65. The molecular weight excluding hydrogens is 741 g/mol. The Balaban J connectivity index is 1.52. The van der Waals surface area contributed by atoms with Crippen molar-refractivity contribution < 1.29 is 107 Å². The predicted octanol–water partition coefficient (Wildman–Crippen LogP) is -2.25. The third kappa shape index (κ3) is 13.6. The first-order chi connectivity index (χ1) is 21.0. The fourth-order valence-electron chi connectivity index (χ4n) is 4.43. The molecule has 3 fully saturated rings. The van der Waals surface area contributed by atoms with E-state index in [1.165, 1.54) is 6.92 Å². The molecule has 3 saturated heterocycles. The van der Waals surface area contributed by atoms with E-state index < -0.39 is 120 Å². The molecule has 3 rings (SSSR count). The molecule has 0 bridgehead atoms. The van der Waals surface area contributed by atoms with Crippen molar-refractivity contribution in [3.05, 3.63) is 0 Å². The monoisotopic (exact) mass is 770 g/mol. The van der Waals surface area contributed by atoms with Crippen LogP contribution in [0.4, 0.5) is 4.39 Å². The van der Waals surface area contributed by atoms with Crippen molar-refractivity contribution in [2.24, 2.45) is 0 Å². The molecule has 29 heteroatoms. The molecule has 3 aliphatic rings. The first-order valence-corrected chi connectivity index (χ1v) is 20.3. The maximum atomic E-state index is 12.8. The summed E-state index contributed by atoms with van der Waals surface area (Å²) < 4.78 is 118. The zero-order chi connectivity index (χ0) is 34.7. The van der Waals surface area contributed by atoms with Gasteiger partial charge in [0.15, 0.2) is 0 Å². The number of phosphoric acid groups is 5. The van der Waals surface area contributed by atoms with Crippen molar-refractivity contribution in [3.8, 4) is 0 Å². The maximum absolute atomic E-state index is 12.8. The van der Waals surface area contributed by atoms with Crippen LogP contribution in [0.25, 0.3) is 0 Å². The summed E-state index contributed by atoms with van der Waals surface area (Å²) in [5.41, 5.74) is 0. The summed E-state index contributed by atoms with van der Waals surface area (Å²) in [6.07, 6.45) is -9.96. The van der Waals surface area contributed by atoms with Crippen LogP contribution in [0.3, 0.4) is 0 Å². The molecule has 0 aromatic carbocycles. The predicted molar refractivity (Wildman–Crippen MR) is 135 cm³/mol. The van der Waals surface area contributed by atoms with E-state index in [0.29, 0.717) is 0 Å². The van der Waals surface area contributed by atoms with Gasteiger partial charge in [0.1, 0.15) is 38.9 Å². The molecule has 22 nitrogen and oxygen atoms in total. The second-order valence-electron chi connectivity index (χ2n) is 10.0. The van der Waals surface area contributed by atoms with Gasteiger partial charge in [-0.15, -0.1) is 0 Å². The van der Waals surface area contributed by atoms with E-state index in [0.717, 1.165) is 0 Å². The summed E-state index contributed by atoms with van der Waals surface area (Å²) in [7, 11) is -22.7. The fraction of sp³-hybridized carbons (Fsp3) is 1.00. The minimum Gasteiger partial charge on any atom is -0.756 e. The number of ether oxygens (including phenoxy) is 3. The van der Waals surface area contributed by atoms with Gasteiger partial charge in [0.25, 0.3) is 31.3 Å². The number of alkyl halides is 1. The number of halogens is 1. The zero-order valence-electron chi connectivity index (χ0n) is 23.4. The SMILES string of the molecule is [B][C@H]1C[C@H](OP(=O)([O-])OC[C@H]2O[C@@H](C)C[C@@H]2OP(=O)(O)OC[C@H]2O[C@@H](CF)C[C@@H]2O)[C@@H](COP(=O)([O-])OP(=O)([O-])OP(=O)([O-])O)O1. The first-order valence-electron chi connectivity index (χ1n) is 13.0. The first kappa shape index (κ1) is 40.9. The molecule has 3 aliphatic heterocycles. The van der Waals surface area contributed by atoms with Crippen LogP contribution in [0.5, 0.6) is 0 Å². The Morgan fingerprint density at radius 1 is 0.761 bits per heavy atom. The summed E-state index contributed by atoms with van der Waals surface area (Å²) in [5.74, 6) is 0. The standard InChI is InChI=1S/C17H33BFO22P5/c1-9-2-12(38-43(24,25)32-6-14-11(20)3-10(5-19)36-14)15(35-9)7-33-44(26,27)39-13-4-17(18)37-16(13)8-34-45(28,29)41-46(30,31)40-42(21,22)23/h9-17,20H,2-8H2,1H3,(H,24,25)(H,26,27)(H,28,29)(H,30,31)(H2,21,22,23)/p-4/t9-,10+,11-,12-,13-,14+,15+,16+,17+/m0/s1. The van der Waals surface area contributed by atoms with Gasteiger partial charge in [-0.2, -0.15) is 0 Å². The molecule has 5 unspecified atom stereocenters. The smallest absolute Gasteiger partial charge is 0.472 e. The Morgan fingerprint density at radius 3 is 1.91 bits per heavy atom. The minimum atomic E-state index is -6.19. The van der Waals surface area contributed by atoms with Crippen molar-refractivity contribution in [2.45, 2.75) is 81.0 Å². The van der Waals surface area contributed by atoms with Crippen molar-refractivity contribution in [1.82, 2.24) is 0 Å². The van der Waals surface area contributed by atoms with E-state index in [2.05, 4.69) is 13.1 Å². The van der Waals surface area contributed by atoms with E-state index in [1.54, 1.807) is 0 Å². The highest BCUT2D eigenvalue weighted by atomic mass is 31.3. The summed E-state index contributed by atoms with van der Waals surface area (Å²) in [5, 5.41) is 9.87. The average Bonchev–Trinajstić information content (AvgIpc) is 3.52. The molecule has 46 heavy (non-hydrogen) atoms. The van der Waals surface area contributed by atoms with Crippen molar-refractivity contribution >= 4 is 47.0 Å². The highest BCUT2D eigenvalue weighted by Gasteiger charge is 2.43. The number of hydrogen-bond acceptors (Lipinski definition) is 20. The average molecular weight is 770 g/mol. The fourth-order valence-corrected chi connectivity index (χ4v) is 9.23. The van der Waals surface area contributed by atoms with E-state index in [1.807, 2.05) is 0 Å². The van der Waals surface area contributed by atoms with Crippen molar-refractivity contribution in [3.63, 3.8) is 0 Å². The maximum Gasteiger partial charge on any atom is 0.472 e. The Bertz CT molecular complexity index is 1270. The summed E-state index contributed by atoms with van der Waals surface area (Å²) in [6, 6.07) is -1.24. The van der Waals surface area contributed by atoms with Crippen molar-refractivity contribution in [2.75, 3.05) is 26.5 Å². The lowest BCUT2D eigenvalue weighted by Crippen LogP contribution is -2.33. The van der Waals surface area contributed by atoms with Crippen LogP contribution < -0.4 is 19.6 Å². The van der Waals surface area contributed by atoms with Gasteiger partial charge in [-0.05, 0) is 13.3 Å². The molecule has 0 amide bonds. The van der Waals surface area contributed by atoms with Gasteiger partial charge in [-0.3, -0.25) is 27.3 Å². The van der Waals surface area contributed by atoms with Crippen LogP contribution in [0, 0.1) is 0 Å². The van der Waals surface area contributed by atoms with Crippen LogP contribution in [0.2, 0.25) is 0 Å².